The summed E-state index contributed by atoms with van der Waals surface area (Å²) in [5, 5.41) is 0. The van der Waals surface area contributed by atoms with Gasteiger partial charge in [-0.15, -0.1) is 11.6 Å². The molecule has 2 rings (SSSR count). The van der Waals surface area contributed by atoms with Gasteiger partial charge in [-0.1, -0.05) is 36.4 Å². The summed E-state index contributed by atoms with van der Waals surface area (Å²) in [5.74, 6) is 0.621. The molecule has 19 heavy (non-hydrogen) atoms. The zero-order valence-corrected chi connectivity index (χ0v) is 11.2. The number of halogens is 1. The molecule has 5 heteroatoms. The molecule has 0 aliphatic heterocycles. The Morgan fingerprint density at radius 3 is 1.84 bits per heavy atom. The Hall–Kier alpha value is -0.160. The maximum atomic E-state index is 10.9. The first-order valence-corrected chi connectivity index (χ1v) is 7.21. The quantitative estimate of drug-likeness (QED) is 0.535. The third-order valence-corrected chi connectivity index (χ3v) is 3.59. The van der Waals surface area contributed by atoms with E-state index in [0.29, 0.717) is 10.8 Å². The van der Waals surface area contributed by atoms with E-state index in [-0.39, 0.29) is 29.6 Å². The molecule has 0 aromatic heterocycles. The molecule has 0 saturated carbocycles. The summed E-state index contributed by atoms with van der Waals surface area (Å²) in [5.41, 5.74) is 3.33. The van der Waals surface area contributed by atoms with E-state index in [1.165, 1.54) is 5.56 Å². The van der Waals surface area contributed by atoms with Gasteiger partial charge in [0.05, 0.1) is 4.90 Å². The van der Waals surface area contributed by atoms with Crippen molar-refractivity contribution in [2.45, 2.75) is 11.3 Å². The van der Waals surface area contributed by atoms with Crippen LogP contribution in [0.5, 0.6) is 0 Å². The second kappa shape index (κ2) is 8.20. The molecule has 0 saturated heterocycles. The van der Waals surface area contributed by atoms with E-state index in [1.807, 2.05) is 24.3 Å². The first-order valence-electron chi connectivity index (χ1n) is 5.57. The molecule has 1 unspecified atom stereocenters. The van der Waals surface area contributed by atoms with E-state index in [0.717, 1.165) is 17.5 Å². The fraction of sp³-hybridized carbons (Fsp3) is 0.143. The van der Waals surface area contributed by atoms with Gasteiger partial charge in [-0.05, 0) is 35.2 Å². The van der Waals surface area contributed by atoms with Crippen molar-refractivity contribution in [3.63, 3.8) is 0 Å². The van der Waals surface area contributed by atoms with E-state index in [4.69, 9.17) is 16.2 Å². The minimum absolute atomic E-state index is 0. The molecule has 1 atom stereocenters. The van der Waals surface area contributed by atoms with Gasteiger partial charge in [0, 0.05) is 5.88 Å². The molecule has 0 spiro atoms. The van der Waals surface area contributed by atoms with Crippen LogP contribution in [0.15, 0.2) is 53.4 Å². The Labute approximate surface area is 142 Å². The predicted octanol–water partition coefficient (Wildman–Crippen LogP) is 3.07. The van der Waals surface area contributed by atoms with Crippen molar-refractivity contribution >= 4 is 52.2 Å². The van der Waals surface area contributed by atoms with Gasteiger partial charge in [0.15, 0.2) is 11.1 Å². The Morgan fingerprint density at radius 2 is 1.42 bits per heavy atom. The Bertz CT molecular complexity index is 540. The SMILES string of the molecule is O=S(O)c1ccc(-c2ccc(CCCl)cc2)cc1.[NaH]. The Kier molecular flexibility index (Phi) is 7.29. The monoisotopic (exact) mass is 304 g/mol. The van der Waals surface area contributed by atoms with Gasteiger partial charge in [-0.25, -0.2) is 4.21 Å². The van der Waals surface area contributed by atoms with Gasteiger partial charge >= 0.3 is 29.6 Å². The van der Waals surface area contributed by atoms with Crippen LogP contribution in [0.3, 0.4) is 0 Å². The van der Waals surface area contributed by atoms with E-state index < -0.39 is 11.1 Å². The van der Waals surface area contributed by atoms with Crippen LogP contribution >= 0.6 is 11.6 Å². The molecule has 2 nitrogen and oxygen atoms in total. The van der Waals surface area contributed by atoms with Gasteiger partial charge in [-0.2, -0.15) is 0 Å². The molecule has 0 bridgehead atoms. The van der Waals surface area contributed by atoms with Gasteiger partial charge < -0.3 is 4.55 Å². The number of aryl methyl sites for hydroxylation is 1. The van der Waals surface area contributed by atoms with Crippen molar-refractivity contribution in [1.82, 2.24) is 0 Å². The molecule has 96 valence electrons. The molecule has 0 radical (unpaired) electrons. The van der Waals surface area contributed by atoms with Crippen LogP contribution in [0.2, 0.25) is 0 Å². The van der Waals surface area contributed by atoms with E-state index in [1.54, 1.807) is 12.1 Å². The summed E-state index contributed by atoms with van der Waals surface area (Å²) in [4.78, 5) is 0.414. The van der Waals surface area contributed by atoms with Crippen molar-refractivity contribution in [3.8, 4) is 11.1 Å². The van der Waals surface area contributed by atoms with E-state index in [9.17, 15) is 4.21 Å². The fourth-order valence-electron chi connectivity index (χ4n) is 1.74. The molecule has 2 aromatic rings. The number of hydrogen-bond donors (Lipinski definition) is 1. The molecule has 0 amide bonds. The van der Waals surface area contributed by atoms with Crippen molar-refractivity contribution in [2.24, 2.45) is 0 Å². The summed E-state index contributed by atoms with van der Waals surface area (Å²) in [6.45, 7) is 0. The number of hydrogen-bond acceptors (Lipinski definition) is 1. The summed E-state index contributed by atoms with van der Waals surface area (Å²) < 4.78 is 19.8. The number of rotatable bonds is 4. The average Bonchev–Trinajstić information content (AvgIpc) is 2.40. The molecule has 0 aliphatic carbocycles. The zero-order chi connectivity index (χ0) is 13.0. The predicted molar refractivity (Wildman–Crippen MR) is 82.5 cm³/mol. The second-order valence-corrected chi connectivity index (χ2v) is 5.26. The third-order valence-electron chi connectivity index (χ3n) is 2.73. The fourth-order valence-corrected chi connectivity index (χ4v) is 2.32. The first-order chi connectivity index (χ1) is 8.70. The summed E-state index contributed by atoms with van der Waals surface area (Å²) >= 11 is 3.77. The molecule has 0 fully saturated rings. The van der Waals surface area contributed by atoms with Crippen LogP contribution < -0.4 is 0 Å². The second-order valence-electron chi connectivity index (χ2n) is 3.91. The topological polar surface area (TPSA) is 37.3 Å². The van der Waals surface area contributed by atoms with Crippen LogP contribution in [0, 0.1) is 0 Å². The van der Waals surface area contributed by atoms with Gasteiger partial charge in [0.25, 0.3) is 0 Å². The molecule has 1 N–H and O–H groups in total. The normalized spacial score (nSPS) is 11.7. The van der Waals surface area contributed by atoms with Crippen molar-refractivity contribution in [1.29, 1.82) is 0 Å². The third kappa shape index (κ3) is 4.71. The molecular weight excluding hydrogens is 291 g/mol. The van der Waals surface area contributed by atoms with Crippen LogP contribution in [0.4, 0.5) is 0 Å². The van der Waals surface area contributed by atoms with E-state index >= 15 is 0 Å². The zero-order valence-electron chi connectivity index (χ0n) is 9.67. The van der Waals surface area contributed by atoms with Crippen molar-refractivity contribution in [2.75, 3.05) is 5.88 Å². The van der Waals surface area contributed by atoms with Crippen molar-refractivity contribution in [3.05, 3.63) is 54.1 Å². The number of alkyl halides is 1. The van der Waals surface area contributed by atoms with Crippen LogP contribution in [-0.4, -0.2) is 44.2 Å². The summed E-state index contributed by atoms with van der Waals surface area (Å²) in [7, 11) is 0. The molecular formula is C14H14ClNaO2S. The van der Waals surface area contributed by atoms with Gasteiger partial charge in [0.2, 0.25) is 0 Å². The Balaban J connectivity index is 0.00000180. The van der Waals surface area contributed by atoms with Gasteiger partial charge in [0.1, 0.15) is 0 Å². The van der Waals surface area contributed by atoms with Crippen LogP contribution in [0.25, 0.3) is 11.1 Å². The van der Waals surface area contributed by atoms with Crippen molar-refractivity contribution < 1.29 is 8.76 Å². The average molecular weight is 305 g/mol. The molecule has 0 heterocycles. The molecule has 0 aliphatic rings. The first kappa shape index (κ1) is 16.9. The van der Waals surface area contributed by atoms with E-state index in [2.05, 4.69) is 12.1 Å². The molecule has 2 aromatic carbocycles. The minimum atomic E-state index is -1.91. The standard InChI is InChI=1S/C14H13ClO2S.Na.H/c15-10-9-11-1-3-12(4-2-11)13-5-7-14(8-6-13)18(16)17;;/h1-8H,9-10H2,(H,16,17);;. The van der Waals surface area contributed by atoms with Crippen LogP contribution in [-0.2, 0) is 17.5 Å². The van der Waals surface area contributed by atoms with Crippen LogP contribution in [0.1, 0.15) is 5.56 Å². The summed E-state index contributed by atoms with van der Waals surface area (Å²) in [6.07, 6.45) is 0.865. The summed E-state index contributed by atoms with van der Waals surface area (Å²) in [6, 6.07) is 15.2. The number of benzene rings is 2. The van der Waals surface area contributed by atoms with Gasteiger partial charge in [-0.3, -0.25) is 0 Å². The Morgan fingerprint density at radius 1 is 0.947 bits per heavy atom. The maximum absolute atomic E-state index is 10.9.